The Labute approximate surface area is 361 Å². The number of para-hydroxylation sites is 4. The van der Waals surface area contributed by atoms with Gasteiger partial charge in [0.05, 0.1) is 23.7 Å². The van der Waals surface area contributed by atoms with Crippen LogP contribution >= 0.6 is 0 Å². The zero-order chi connectivity index (χ0) is 41.4. The summed E-state index contributed by atoms with van der Waals surface area (Å²) in [5.74, 6) is 0. The van der Waals surface area contributed by atoms with E-state index in [1.807, 2.05) is 18.5 Å². The fourth-order valence-electron chi connectivity index (χ4n) is 8.75. The van der Waals surface area contributed by atoms with Crippen molar-refractivity contribution in [3.63, 3.8) is 0 Å². The monoisotopic (exact) mass is 802 g/mol. The van der Waals surface area contributed by atoms with E-state index < -0.39 is 0 Å². The molecule has 0 saturated carbocycles. The number of anilines is 5. The molecule has 7 nitrogen and oxygen atoms in total. The van der Waals surface area contributed by atoms with Crippen molar-refractivity contribution in [3.8, 4) is 22.3 Å². The number of rotatable bonds is 10. The average molecular weight is 803 g/mol. The van der Waals surface area contributed by atoms with E-state index in [4.69, 9.17) is 4.94 Å². The molecule has 62 heavy (non-hydrogen) atoms. The molecular formula is C55H42N6O. The van der Waals surface area contributed by atoms with E-state index >= 15 is 0 Å². The Morgan fingerprint density at radius 1 is 0.532 bits per heavy atom. The van der Waals surface area contributed by atoms with Crippen LogP contribution in [-0.4, -0.2) is 11.2 Å². The summed E-state index contributed by atoms with van der Waals surface area (Å²) in [6.07, 6.45) is 10.7. The summed E-state index contributed by atoms with van der Waals surface area (Å²) in [7, 11) is 0. The Balaban J connectivity index is 0.972. The highest BCUT2D eigenvalue weighted by Gasteiger charge is 2.31. The van der Waals surface area contributed by atoms with Gasteiger partial charge in [-0.15, -0.1) is 12.1 Å². The van der Waals surface area contributed by atoms with Crippen molar-refractivity contribution >= 4 is 50.2 Å². The highest BCUT2D eigenvalue weighted by atomic mass is 16.8. The van der Waals surface area contributed by atoms with Crippen molar-refractivity contribution < 1.29 is 14.4 Å². The molecule has 0 bridgehead atoms. The van der Waals surface area contributed by atoms with Crippen LogP contribution < -0.4 is 29.5 Å². The number of hydrogen-bond donors (Lipinski definition) is 1. The average Bonchev–Trinajstić information content (AvgIpc) is 3.88. The van der Waals surface area contributed by atoms with Crippen molar-refractivity contribution in [3.05, 3.63) is 236 Å². The maximum Gasteiger partial charge on any atom is 0.202 e. The number of hydrogen-bond acceptors (Lipinski definition) is 4. The van der Waals surface area contributed by atoms with Crippen molar-refractivity contribution in [1.29, 1.82) is 0 Å². The van der Waals surface area contributed by atoms with Gasteiger partial charge in [-0.05, 0) is 73.7 Å². The summed E-state index contributed by atoms with van der Waals surface area (Å²) in [5, 5.41) is 6.06. The summed E-state index contributed by atoms with van der Waals surface area (Å²) in [6, 6.07) is 70.3. The zero-order valence-corrected chi connectivity index (χ0v) is 34.1. The first kappa shape index (κ1) is 36.9. The molecule has 0 radical (unpaired) electrons. The van der Waals surface area contributed by atoms with E-state index in [-0.39, 0.29) is 6.17 Å². The number of benzene rings is 7. The van der Waals surface area contributed by atoms with Crippen LogP contribution in [0, 0.1) is 19.3 Å². The maximum absolute atomic E-state index is 6.56. The van der Waals surface area contributed by atoms with Crippen molar-refractivity contribution in [2.45, 2.75) is 13.1 Å². The number of nitrogens with one attached hydrogen (secondary N) is 1. The van der Waals surface area contributed by atoms with Gasteiger partial charge in [-0.2, -0.15) is 0 Å². The quantitative estimate of drug-likeness (QED) is 0.110. The molecule has 0 fully saturated rings. The minimum Gasteiger partial charge on any atom is -0.361 e. The Kier molecular flexibility index (Phi) is 9.39. The molecule has 1 atom stereocenters. The van der Waals surface area contributed by atoms with Gasteiger partial charge in [0.2, 0.25) is 12.4 Å². The van der Waals surface area contributed by atoms with E-state index in [0.717, 1.165) is 55.8 Å². The molecule has 0 aliphatic carbocycles. The predicted molar refractivity (Wildman–Crippen MR) is 248 cm³/mol. The van der Waals surface area contributed by atoms with Gasteiger partial charge in [0.1, 0.15) is 18.6 Å². The second-order valence-electron chi connectivity index (χ2n) is 15.6. The van der Waals surface area contributed by atoms with E-state index in [9.17, 15) is 0 Å². The highest BCUT2D eigenvalue weighted by Crippen LogP contribution is 2.49. The summed E-state index contributed by atoms with van der Waals surface area (Å²) >= 11 is 0. The topological polar surface area (TPSA) is 40.4 Å². The second-order valence-corrected chi connectivity index (χ2v) is 15.6. The van der Waals surface area contributed by atoms with Gasteiger partial charge in [0, 0.05) is 33.5 Å². The van der Waals surface area contributed by atoms with Gasteiger partial charge >= 0.3 is 0 Å². The first-order valence-corrected chi connectivity index (χ1v) is 20.9. The number of aryl methyl sites for hydroxylation is 1. The molecule has 7 heteroatoms. The molecule has 11 rings (SSSR count). The van der Waals surface area contributed by atoms with Gasteiger partial charge in [0.15, 0.2) is 0 Å². The molecule has 1 aliphatic rings. The lowest BCUT2D eigenvalue weighted by atomic mass is 9.95. The Hall–Kier alpha value is -8.16. The Bertz CT molecular complexity index is 3130. The molecule has 3 aromatic heterocycles. The predicted octanol–water partition coefficient (Wildman–Crippen LogP) is 11.4. The fourth-order valence-corrected chi connectivity index (χ4v) is 8.75. The number of aromatic nitrogens is 3. The first-order valence-electron chi connectivity index (χ1n) is 20.9. The molecule has 0 spiro atoms. The van der Waals surface area contributed by atoms with Gasteiger partial charge in [-0.1, -0.05) is 169 Å². The molecule has 1 unspecified atom stereocenters. The summed E-state index contributed by atoms with van der Waals surface area (Å²) in [5.41, 5.74) is 14.2. The van der Waals surface area contributed by atoms with E-state index in [1.54, 1.807) is 9.46 Å². The number of pyridine rings is 2. The molecule has 10 aromatic rings. The largest absolute Gasteiger partial charge is 0.361 e. The Morgan fingerprint density at radius 3 is 1.85 bits per heavy atom. The van der Waals surface area contributed by atoms with E-state index in [1.165, 1.54) is 27.8 Å². The lowest BCUT2D eigenvalue weighted by Crippen LogP contribution is -2.60. The SMILES string of the molecule is Cc1ccc(NC(c2ccccc2)n2c3[c-][n+](O[n+]4[c-]c(N5CN(c6c(-c7ccccc7)cccc6-c6ccccc6)c6ccccc65)ccc4)ccc3c3ccccc32)cc1. The maximum atomic E-state index is 6.56. The molecule has 0 saturated heterocycles. The fraction of sp³-hybridized carbons (Fsp3) is 0.0545. The lowest BCUT2D eigenvalue weighted by molar-refractivity contribution is -1.16. The summed E-state index contributed by atoms with van der Waals surface area (Å²) < 4.78 is 5.58. The van der Waals surface area contributed by atoms with Crippen LogP contribution in [0.25, 0.3) is 44.1 Å². The van der Waals surface area contributed by atoms with Crippen molar-refractivity contribution in [1.82, 2.24) is 4.57 Å². The molecule has 1 aliphatic heterocycles. The van der Waals surface area contributed by atoms with Crippen molar-refractivity contribution in [2.75, 3.05) is 21.8 Å². The van der Waals surface area contributed by atoms with Crippen LogP contribution in [-0.2, 0) is 0 Å². The Morgan fingerprint density at radius 2 is 1.15 bits per heavy atom. The van der Waals surface area contributed by atoms with Gasteiger partial charge in [0.25, 0.3) is 0 Å². The second kappa shape index (κ2) is 15.8. The van der Waals surface area contributed by atoms with E-state index in [0.29, 0.717) is 6.67 Å². The molecule has 1 N–H and O–H groups in total. The molecule has 4 heterocycles. The van der Waals surface area contributed by atoms with E-state index in [2.05, 4.69) is 233 Å². The van der Waals surface area contributed by atoms with Crippen LogP contribution in [0.2, 0.25) is 0 Å². The minimum atomic E-state index is -0.233. The van der Waals surface area contributed by atoms with Crippen LogP contribution in [0.4, 0.5) is 28.4 Å². The van der Waals surface area contributed by atoms with Crippen LogP contribution in [0.1, 0.15) is 17.3 Å². The standard InChI is InChI=1S/C55H42N6O/c1-40-30-32-44(33-31-40)56-55(43-21-9-4-10-22-43)61-50-27-12-11-24-48(50)49-34-36-58(38-53(49)61)62-57-35-16-23-45(37-57)59-39-60(52-29-14-13-28-51(52)59)54-46(41-17-5-2-6-18-41)25-15-26-47(54)42-19-7-3-8-20-42/h2-36,55-56H,39H2,1H3. The highest BCUT2D eigenvalue weighted by molar-refractivity contribution is 6.07. The number of fused-ring (bicyclic) bond motifs is 4. The van der Waals surface area contributed by atoms with Gasteiger partial charge < -0.3 is 19.7 Å². The molecule has 7 aromatic carbocycles. The van der Waals surface area contributed by atoms with Crippen LogP contribution in [0.5, 0.6) is 0 Å². The van der Waals surface area contributed by atoms with Gasteiger partial charge in [-0.25, -0.2) is 0 Å². The number of nitrogens with zero attached hydrogens (tertiary/aromatic N) is 5. The van der Waals surface area contributed by atoms with Gasteiger partial charge in [-0.3, -0.25) is 0 Å². The smallest absolute Gasteiger partial charge is 0.202 e. The van der Waals surface area contributed by atoms with Crippen molar-refractivity contribution in [2.24, 2.45) is 0 Å². The molecule has 0 amide bonds. The van der Waals surface area contributed by atoms with Crippen LogP contribution in [0.3, 0.4) is 0 Å². The minimum absolute atomic E-state index is 0.233. The normalized spacial score (nSPS) is 12.7. The third-order valence-corrected chi connectivity index (χ3v) is 11.7. The molecule has 298 valence electrons. The van der Waals surface area contributed by atoms with Crippen LogP contribution in [0.15, 0.2) is 213 Å². The summed E-state index contributed by atoms with van der Waals surface area (Å²) in [4.78, 5) is 11.3. The third-order valence-electron chi connectivity index (χ3n) is 11.7. The lowest BCUT2D eigenvalue weighted by Gasteiger charge is -2.27. The summed E-state index contributed by atoms with van der Waals surface area (Å²) in [6.45, 7) is 2.68. The third kappa shape index (κ3) is 6.75. The molecular weight excluding hydrogens is 761 g/mol. The zero-order valence-electron chi connectivity index (χ0n) is 34.1. The first-order chi connectivity index (χ1) is 30.7.